The maximum Gasteiger partial charge on any atom is 0.328 e. The van der Waals surface area contributed by atoms with Crippen molar-refractivity contribution in [1.29, 1.82) is 0 Å². The lowest BCUT2D eigenvalue weighted by molar-refractivity contribution is -0.146. The molecule has 0 aliphatic heterocycles. The lowest BCUT2D eigenvalue weighted by atomic mass is 9.99. The molecule has 0 unspecified atom stereocenters. The molecule has 0 radical (unpaired) electrons. The molecular formula is C25H32N2O5. The number of hydrogen-bond donors (Lipinski definition) is 3. The van der Waals surface area contributed by atoms with Crippen LogP contribution in [0.15, 0.2) is 60.7 Å². The Labute approximate surface area is 189 Å². The zero-order valence-electron chi connectivity index (χ0n) is 18.6. The van der Waals surface area contributed by atoms with Crippen LogP contribution < -0.4 is 10.6 Å². The molecule has 2 aromatic rings. The van der Waals surface area contributed by atoms with Gasteiger partial charge in [-0.25, -0.2) is 4.79 Å². The Hall–Kier alpha value is -3.19. The molecule has 0 bridgehead atoms. The monoisotopic (exact) mass is 440 g/mol. The molecule has 0 spiro atoms. The number of amides is 2. The summed E-state index contributed by atoms with van der Waals surface area (Å²) in [5, 5.41) is 16.2. The quantitative estimate of drug-likeness (QED) is 0.347. The Morgan fingerprint density at radius 3 is 2.12 bits per heavy atom. The van der Waals surface area contributed by atoms with Crippen LogP contribution in [-0.2, 0) is 14.3 Å². The lowest BCUT2D eigenvalue weighted by Crippen LogP contribution is -2.50. The number of esters is 1. The van der Waals surface area contributed by atoms with Crippen molar-refractivity contribution in [3.05, 3.63) is 71.8 Å². The van der Waals surface area contributed by atoms with Gasteiger partial charge in [0, 0.05) is 5.56 Å². The minimum Gasteiger partial charge on any atom is -0.467 e. The van der Waals surface area contributed by atoms with Crippen molar-refractivity contribution in [1.82, 2.24) is 10.6 Å². The van der Waals surface area contributed by atoms with Crippen molar-refractivity contribution in [2.45, 2.75) is 57.2 Å². The molecule has 7 heteroatoms. The van der Waals surface area contributed by atoms with Gasteiger partial charge in [-0.1, -0.05) is 81.1 Å². The van der Waals surface area contributed by atoms with Gasteiger partial charge in [-0.15, -0.1) is 0 Å². The van der Waals surface area contributed by atoms with E-state index in [0.717, 1.165) is 25.7 Å². The predicted molar refractivity (Wildman–Crippen MR) is 122 cm³/mol. The van der Waals surface area contributed by atoms with Crippen LogP contribution in [0.1, 0.15) is 61.0 Å². The van der Waals surface area contributed by atoms with Gasteiger partial charge in [-0.05, 0) is 24.1 Å². The summed E-state index contributed by atoms with van der Waals surface area (Å²) in [5.74, 6) is -1.74. The zero-order valence-corrected chi connectivity index (χ0v) is 18.6. The highest BCUT2D eigenvalue weighted by atomic mass is 16.5. The molecule has 0 fully saturated rings. The Bertz CT molecular complexity index is 857. The van der Waals surface area contributed by atoms with Crippen LogP contribution in [0.25, 0.3) is 0 Å². The molecule has 32 heavy (non-hydrogen) atoms. The van der Waals surface area contributed by atoms with Gasteiger partial charge >= 0.3 is 5.97 Å². The van der Waals surface area contributed by atoms with Crippen molar-refractivity contribution in [3.8, 4) is 0 Å². The van der Waals surface area contributed by atoms with Crippen LogP contribution in [0.3, 0.4) is 0 Å². The summed E-state index contributed by atoms with van der Waals surface area (Å²) in [5.41, 5.74) is 0.974. The summed E-state index contributed by atoms with van der Waals surface area (Å²) in [6.07, 6.45) is 2.57. The molecule has 2 rings (SSSR count). The molecule has 0 heterocycles. The molecule has 0 aliphatic rings. The largest absolute Gasteiger partial charge is 0.467 e. The number of rotatable bonds is 12. The van der Waals surface area contributed by atoms with Crippen LogP contribution in [0.2, 0.25) is 0 Å². The van der Waals surface area contributed by atoms with Gasteiger partial charge in [0.15, 0.2) is 6.10 Å². The number of methoxy groups -OCH3 is 1. The van der Waals surface area contributed by atoms with E-state index in [2.05, 4.69) is 17.6 Å². The van der Waals surface area contributed by atoms with Gasteiger partial charge < -0.3 is 20.5 Å². The fourth-order valence-corrected chi connectivity index (χ4v) is 3.39. The van der Waals surface area contributed by atoms with Gasteiger partial charge in [-0.3, -0.25) is 9.59 Å². The minimum absolute atomic E-state index is 0.407. The number of carbonyl (C=O) groups excluding carboxylic acids is 3. The van der Waals surface area contributed by atoms with E-state index in [9.17, 15) is 19.5 Å². The van der Waals surface area contributed by atoms with Crippen molar-refractivity contribution in [3.63, 3.8) is 0 Å². The number of unbranched alkanes of at least 4 members (excludes halogenated alkanes) is 3. The van der Waals surface area contributed by atoms with Crippen LogP contribution in [-0.4, -0.2) is 42.1 Å². The molecule has 3 atom stereocenters. The first-order chi connectivity index (χ1) is 15.5. The first-order valence-corrected chi connectivity index (χ1v) is 10.9. The summed E-state index contributed by atoms with van der Waals surface area (Å²) in [6, 6.07) is 15.4. The second-order valence-corrected chi connectivity index (χ2v) is 7.61. The second-order valence-electron chi connectivity index (χ2n) is 7.61. The first-order valence-electron chi connectivity index (χ1n) is 10.9. The summed E-state index contributed by atoms with van der Waals surface area (Å²) in [4.78, 5) is 37.7. The summed E-state index contributed by atoms with van der Waals surface area (Å²) in [6.45, 7) is 2.09. The van der Waals surface area contributed by atoms with Gasteiger partial charge in [-0.2, -0.15) is 0 Å². The van der Waals surface area contributed by atoms with Crippen molar-refractivity contribution in [2.75, 3.05) is 7.11 Å². The number of aliphatic hydroxyl groups excluding tert-OH is 1. The van der Waals surface area contributed by atoms with Crippen molar-refractivity contribution in [2.24, 2.45) is 0 Å². The van der Waals surface area contributed by atoms with Crippen LogP contribution in [0.4, 0.5) is 0 Å². The SMILES string of the molecule is CCCCCC[C@H](NC(=O)[C@H](O)[C@@H](NC(=O)c1ccccc1)c1ccccc1)C(=O)OC. The van der Waals surface area contributed by atoms with Gasteiger partial charge in [0.2, 0.25) is 0 Å². The zero-order chi connectivity index (χ0) is 23.3. The summed E-state index contributed by atoms with van der Waals surface area (Å²) >= 11 is 0. The van der Waals surface area contributed by atoms with Crippen molar-refractivity contribution < 1.29 is 24.2 Å². The molecule has 172 valence electrons. The van der Waals surface area contributed by atoms with Crippen molar-refractivity contribution >= 4 is 17.8 Å². The summed E-state index contributed by atoms with van der Waals surface area (Å²) < 4.78 is 4.81. The molecule has 0 aliphatic carbocycles. The number of benzene rings is 2. The molecular weight excluding hydrogens is 408 g/mol. The van der Waals surface area contributed by atoms with Gasteiger partial charge in [0.1, 0.15) is 6.04 Å². The lowest BCUT2D eigenvalue weighted by Gasteiger charge is -2.26. The average Bonchev–Trinajstić information content (AvgIpc) is 2.84. The number of hydrogen-bond acceptors (Lipinski definition) is 5. The molecule has 0 saturated heterocycles. The third-order valence-electron chi connectivity index (χ3n) is 5.21. The van der Waals surface area contributed by atoms with E-state index in [0.29, 0.717) is 17.5 Å². The van der Waals surface area contributed by atoms with E-state index in [4.69, 9.17) is 4.74 Å². The normalized spacial score (nSPS) is 13.5. The van der Waals surface area contributed by atoms with E-state index in [1.54, 1.807) is 60.7 Å². The summed E-state index contributed by atoms with van der Waals surface area (Å²) in [7, 11) is 1.26. The van der Waals surface area contributed by atoms with E-state index in [1.807, 2.05) is 0 Å². The fourth-order valence-electron chi connectivity index (χ4n) is 3.39. The molecule has 0 aromatic heterocycles. The third-order valence-corrected chi connectivity index (χ3v) is 5.21. The highest BCUT2D eigenvalue weighted by Gasteiger charge is 2.32. The topological polar surface area (TPSA) is 105 Å². The van der Waals surface area contributed by atoms with E-state index < -0.39 is 36.0 Å². The Morgan fingerprint density at radius 1 is 0.906 bits per heavy atom. The van der Waals surface area contributed by atoms with Gasteiger partial charge in [0.25, 0.3) is 11.8 Å². The number of carbonyl (C=O) groups is 3. The second kappa shape index (κ2) is 13.3. The first kappa shape index (κ1) is 25.1. The smallest absolute Gasteiger partial charge is 0.328 e. The number of nitrogens with one attached hydrogen (secondary N) is 2. The number of ether oxygens (including phenoxy) is 1. The highest BCUT2D eigenvalue weighted by Crippen LogP contribution is 2.19. The molecule has 7 nitrogen and oxygen atoms in total. The van der Waals surface area contributed by atoms with Crippen LogP contribution >= 0.6 is 0 Å². The Morgan fingerprint density at radius 2 is 1.53 bits per heavy atom. The minimum atomic E-state index is -1.60. The van der Waals surface area contributed by atoms with Gasteiger partial charge in [0.05, 0.1) is 13.2 Å². The molecule has 2 amide bonds. The standard InChI is InChI=1S/C25H32N2O5/c1-3-4-5-12-17-20(25(31)32-2)26-24(30)22(28)21(18-13-8-6-9-14-18)27-23(29)19-15-10-7-11-16-19/h6-11,13-16,20-22,28H,3-5,12,17H2,1-2H3,(H,26,30)(H,27,29)/t20-,21-,22+/m0/s1. The molecule has 0 saturated carbocycles. The van der Waals surface area contributed by atoms with E-state index in [1.165, 1.54) is 7.11 Å². The third kappa shape index (κ3) is 7.50. The fraction of sp³-hybridized carbons (Fsp3) is 0.400. The molecule has 2 aromatic carbocycles. The molecule has 3 N–H and O–H groups in total. The maximum atomic E-state index is 12.9. The Balaban J connectivity index is 2.16. The predicted octanol–water partition coefficient (Wildman–Crippen LogP) is 3.15. The van der Waals surface area contributed by atoms with Crippen LogP contribution in [0, 0.1) is 0 Å². The van der Waals surface area contributed by atoms with E-state index >= 15 is 0 Å². The van der Waals surface area contributed by atoms with E-state index in [-0.39, 0.29) is 0 Å². The highest BCUT2D eigenvalue weighted by molar-refractivity contribution is 5.95. The Kier molecular flexibility index (Phi) is 10.4. The van der Waals surface area contributed by atoms with Crippen LogP contribution in [0.5, 0.6) is 0 Å². The average molecular weight is 441 g/mol. The number of aliphatic hydroxyl groups is 1. The maximum absolute atomic E-state index is 12.9.